The summed E-state index contributed by atoms with van der Waals surface area (Å²) in [6, 6.07) is 5.24. The van der Waals surface area contributed by atoms with Crippen molar-refractivity contribution in [1.82, 2.24) is 19.9 Å². The molecule has 0 spiro atoms. The minimum Gasteiger partial charge on any atom is -0.459 e. The third-order valence-corrected chi connectivity index (χ3v) is 4.39. The Bertz CT molecular complexity index is 1310. The van der Waals surface area contributed by atoms with Gasteiger partial charge in [-0.3, -0.25) is 9.59 Å². The van der Waals surface area contributed by atoms with Crippen LogP contribution in [-0.4, -0.2) is 39.3 Å². The topological polar surface area (TPSA) is 98.7 Å². The molecule has 0 atom stereocenters. The first kappa shape index (κ1) is 21.3. The summed E-state index contributed by atoms with van der Waals surface area (Å²) in [6.45, 7) is -1.81. The molecule has 0 aliphatic carbocycles. The van der Waals surface area contributed by atoms with Gasteiger partial charge >= 0.3 is 12.1 Å². The molecule has 0 saturated heterocycles. The number of nitrogens with one attached hydrogen (secondary N) is 1. The lowest BCUT2D eigenvalue weighted by Crippen LogP contribution is -2.22. The number of esters is 1. The normalized spacial score (nSPS) is 11.8. The molecule has 0 aliphatic heterocycles. The fraction of sp³-hybridized carbons (Fsp3) is 0.200. The van der Waals surface area contributed by atoms with Crippen molar-refractivity contribution >= 4 is 28.5 Å². The smallest absolute Gasteiger partial charge is 0.422 e. The van der Waals surface area contributed by atoms with Crippen LogP contribution in [0.25, 0.3) is 16.6 Å². The van der Waals surface area contributed by atoms with Gasteiger partial charge in [0.05, 0.1) is 19.2 Å². The van der Waals surface area contributed by atoms with Crippen molar-refractivity contribution in [3.8, 4) is 0 Å². The first-order valence-electron chi connectivity index (χ1n) is 9.19. The van der Waals surface area contributed by atoms with Gasteiger partial charge in [0.15, 0.2) is 12.3 Å². The fourth-order valence-electron chi connectivity index (χ4n) is 3.08. The van der Waals surface area contributed by atoms with Crippen LogP contribution in [0, 0.1) is 5.82 Å². The maximum absolute atomic E-state index is 13.9. The number of halogens is 4. The maximum atomic E-state index is 13.9. The molecule has 8 nitrogen and oxygen atoms in total. The standard InChI is InChI=1S/C20H14F4N4O4/c21-13-4-11-6-14(8-26-19(30)15-9-27-28-3-1-2-25-18(15)28)32-17(11)12(5-13)7-16(29)31-10-20(22,23)24/h1-6,9H,7-8,10H2,(H,26,30). The Morgan fingerprint density at radius 2 is 2.03 bits per heavy atom. The number of rotatable bonds is 6. The second-order valence-electron chi connectivity index (χ2n) is 6.78. The van der Waals surface area contributed by atoms with Crippen molar-refractivity contribution in [1.29, 1.82) is 0 Å². The second kappa shape index (κ2) is 8.29. The quantitative estimate of drug-likeness (QED) is 0.358. The van der Waals surface area contributed by atoms with Crippen LogP contribution in [0.4, 0.5) is 17.6 Å². The highest BCUT2D eigenvalue weighted by Crippen LogP contribution is 2.26. The SMILES string of the molecule is O=C(Cc1cc(F)cc2cc(CNC(=O)c3cnn4cccnc34)oc12)OCC(F)(F)F. The van der Waals surface area contributed by atoms with E-state index in [-0.39, 0.29) is 34.4 Å². The molecule has 3 heterocycles. The highest BCUT2D eigenvalue weighted by molar-refractivity contribution is 5.99. The van der Waals surface area contributed by atoms with Gasteiger partial charge in [0.2, 0.25) is 0 Å². The zero-order valence-electron chi connectivity index (χ0n) is 16.1. The van der Waals surface area contributed by atoms with Crippen molar-refractivity contribution in [2.45, 2.75) is 19.1 Å². The van der Waals surface area contributed by atoms with Crippen molar-refractivity contribution in [2.75, 3.05) is 6.61 Å². The molecule has 1 aromatic carbocycles. The summed E-state index contributed by atoms with van der Waals surface area (Å²) in [5.41, 5.74) is 0.728. The summed E-state index contributed by atoms with van der Waals surface area (Å²) >= 11 is 0. The molecule has 3 aromatic heterocycles. The number of benzene rings is 1. The van der Waals surface area contributed by atoms with Crippen LogP contribution in [-0.2, 0) is 22.5 Å². The Morgan fingerprint density at radius 3 is 2.81 bits per heavy atom. The van der Waals surface area contributed by atoms with Crippen LogP contribution in [0.2, 0.25) is 0 Å². The number of ether oxygens (including phenoxy) is 1. The molecule has 4 rings (SSSR count). The predicted octanol–water partition coefficient (Wildman–Crippen LogP) is 3.19. The van der Waals surface area contributed by atoms with Crippen LogP contribution in [0.15, 0.2) is 47.3 Å². The molecule has 1 amide bonds. The van der Waals surface area contributed by atoms with Gasteiger partial charge in [-0.25, -0.2) is 13.9 Å². The van der Waals surface area contributed by atoms with Crippen LogP contribution < -0.4 is 5.32 Å². The highest BCUT2D eigenvalue weighted by Gasteiger charge is 2.29. The molecule has 0 fully saturated rings. The molecule has 0 saturated carbocycles. The molecule has 0 bridgehead atoms. The van der Waals surface area contributed by atoms with Crippen LogP contribution in [0.1, 0.15) is 21.7 Å². The first-order valence-corrected chi connectivity index (χ1v) is 9.19. The fourth-order valence-corrected chi connectivity index (χ4v) is 3.08. The molecule has 1 N–H and O–H groups in total. The van der Waals surface area contributed by atoms with Gasteiger partial charge in [0.25, 0.3) is 5.91 Å². The Hall–Kier alpha value is -3.96. The average Bonchev–Trinajstić information content (AvgIpc) is 3.34. The second-order valence-corrected chi connectivity index (χ2v) is 6.78. The third-order valence-electron chi connectivity index (χ3n) is 4.39. The molecular formula is C20H14F4N4O4. The number of furan rings is 1. The van der Waals surface area contributed by atoms with E-state index in [1.807, 2.05) is 0 Å². The lowest BCUT2D eigenvalue weighted by Gasteiger charge is -2.08. The van der Waals surface area contributed by atoms with Gasteiger partial charge in [-0.1, -0.05) is 0 Å². The minimum atomic E-state index is -4.67. The number of amides is 1. The molecule has 0 unspecified atom stereocenters. The summed E-state index contributed by atoms with van der Waals surface area (Å²) in [7, 11) is 0. The van der Waals surface area contributed by atoms with Gasteiger partial charge in [-0.05, 0) is 24.3 Å². The monoisotopic (exact) mass is 450 g/mol. The Labute approximate surface area is 176 Å². The largest absolute Gasteiger partial charge is 0.459 e. The third kappa shape index (κ3) is 4.68. The highest BCUT2D eigenvalue weighted by atomic mass is 19.4. The summed E-state index contributed by atoms with van der Waals surface area (Å²) in [4.78, 5) is 28.3. The van der Waals surface area contributed by atoms with E-state index < -0.39 is 36.9 Å². The number of carbonyl (C=O) groups excluding carboxylic acids is 2. The van der Waals surface area contributed by atoms with Crippen LogP contribution in [0.5, 0.6) is 0 Å². The van der Waals surface area contributed by atoms with E-state index in [4.69, 9.17) is 4.42 Å². The summed E-state index contributed by atoms with van der Waals surface area (Å²) in [6.07, 6.45) is -0.773. The molecular weight excluding hydrogens is 436 g/mol. The van der Waals surface area contributed by atoms with E-state index in [0.29, 0.717) is 5.65 Å². The van der Waals surface area contributed by atoms with Gasteiger partial charge in [-0.2, -0.15) is 18.3 Å². The van der Waals surface area contributed by atoms with E-state index in [9.17, 15) is 27.2 Å². The first-order chi connectivity index (χ1) is 15.2. The molecule has 0 radical (unpaired) electrons. The van der Waals surface area contributed by atoms with Crippen molar-refractivity contribution in [3.63, 3.8) is 0 Å². The van der Waals surface area contributed by atoms with Gasteiger partial charge in [0, 0.05) is 23.3 Å². The number of aromatic nitrogens is 3. The average molecular weight is 450 g/mol. The van der Waals surface area contributed by atoms with E-state index in [1.54, 1.807) is 12.3 Å². The molecule has 4 aromatic rings. The number of nitrogens with zero attached hydrogens (tertiary/aromatic N) is 3. The lowest BCUT2D eigenvalue weighted by atomic mass is 10.1. The van der Waals surface area contributed by atoms with Gasteiger partial charge in [-0.15, -0.1) is 0 Å². The number of hydrogen-bond acceptors (Lipinski definition) is 6. The number of carbonyl (C=O) groups is 2. The van der Waals surface area contributed by atoms with Gasteiger partial charge < -0.3 is 14.5 Å². The van der Waals surface area contributed by atoms with E-state index in [0.717, 1.165) is 12.1 Å². The molecule has 0 aliphatic rings. The Morgan fingerprint density at radius 1 is 1.22 bits per heavy atom. The van der Waals surface area contributed by atoms with Crippen LogP contribution >= 0.6 is 0 Å². The number of fused-ring (bicyclic) bond motifs is 2. The number of hydrogen-bond donors (Lipinski definition) is 1. The maximum Gasteiger partial charge on any atom is 0.422 e. The molecule has 32 heavy (non-hydrogen) atoms. The van der Waals surface area contributed by atoms with E-state index >= 15 is 0 Å². The Balaban J connectivity index is 1.49. The minimum absolute atomic E-state index is 0.0246. The van der Waals surface area contributed by atoms with E-state index in [2.05, 4.69) is 20.1 Å². The van der Waals surface area contributed by atoms with Crippen LogP contribution in [0.3, 0.4) is 0 Å². The summed E-state index contributed by atoms with van der Waals surface area (Å²) < 4.78 is 61.8. The summed E-state index contributed by atoms with van der Waals surface area (Å²) in [5, 5.41) is 6.94. The summed E-state index contributed by atoms with van der Waals surface area (Å²) in [5.74, 6) is -2.11. The Kier molecular flexibility index (Phi) is 5.51. The van der Waals surface area contributed by atoms with Crippen molar-refractivity contribution in [2.24, 2.45) is 0 Å². The van der Waals surface area contributed by atoms with Crippen molar-refractivity contribution < 1.29 is 36.3 Å². The predicted molar refractivity (Wildman–Crippen MR) is 101 cm³/mol. The molecule has 12 heteroatoms. The molecule has 166 valence electrons. The zero-order chi connectivity index (χ0) is 22.9. The zero-order valence-corrected chi connectivity index (χ0v) is 16.1. The lowest BCUT2D eigenvalue weighted by molar-refractivity contribution is -0.185. The number of alkyl halides is 3. The van der Waals surface area contributed by atoms with E-state index in [1.165, 1.54) is 23.0 Å². The van der Waals surface area contributed by atoms with Crippen molar-refractivity contribution in [3.05, 3.63) is 65.6 Å². The van der Waals surface area contributed by atoms with Gasteiger partial charge in [0.1, 0.15) is 22.7 Å².